The first-order chi connectivity index (χ1) is 27.5. The van der Waals surface area contributed by atoms with Gasteiger partial charge in [-0.3, -0.25) is 14.2 Å². The van der Waals surface area contributed by atoms with E-state index < -0.39 is 32.5 Å². The fraction of sp³-hybridized carbons (Fsp3) is 0.787. The van der Waals surface area contributed by atoms with E-state index in [1.54, 1.807) is 0 Å². The zero-order valence-corrected chi connectivity index (χ0v) is 38.2. The van der Waals surface area contributed by atoms with Gasteiger partial charge in [0.05, 0.1) is 27.7 Å². The summed E-state index contributed by atoms with van der Waals surface area (Å²) in [5.74, 6) is -0.860. The number of allylic oxidation sites excluding steroid dienone is 8. The van der Waals surface area contributed by atoms with Gasteiger partial charge in [0, 0.05) is 12.8 Å². The zero-order chi connectivity index (χ0) is 42.1. The molecule has 0 heterocycles. The Hall–Kier alpha value is -2.03. The Morgan fingerprint density at radius 1 is 0.544 bits per heavy atom. The monoisotopic (exact) mass is 824 g/mol. The van der Waals surface area contributed by atoms with Crippen LogP contribution in [0.3, 0.4) is 0 Å². The van der Waals surface area contributed by atoms with Crippen LogP contribution < -0.4 is 4.89 Å². The second-order valence-electron chi connectivity index (χ2n) is 16.4. The van der Waals surface area contributed by atoms with E-state index in [9.17, 15) is 19.0 Å². The van der Waals surface area contributed by atoms with Crippen LogP contribution in [0.5, 0.6) is 0 Å². The quantitative estimate of drug-likeness (QED) is 0.0197. The fourth-order valence-electron chi connectivity index (χ4n) is 5.95. The van der Waals surface area contributed by atoms with E-state index in [1.807, 2.05) is 21.1 Å². The molecular formula is C47H86NO8P. The number of hydrogen-bond donors (Lipinski definition) is 0. The predicted octanol–water partition coefficient (Wildman–Crippen LogP) is 12.4. The Bertz CT molecular complexity index is 1110. The molecule has 0 saturated carbocycles. The molecule has 10 heteroatoms. The van der Waals surface area contributed by atoms with Crippen molar-refractivity contribution in [2.75, 3.05) is 47.5 Å². The number of carbonyl (C=O) groups excluding carboxylic acids is 2. The molecule has 9 nitrogen and oxygen atoms in total. The van der Waals surface area contributed by atoms with E-state index >= 15 is 0 Å². The molecule has 0 fully saturated rings. The van der Waals surface area contributed by atoms with Crippen LogP contribution in [0.2, 0.25) is 0 Å². The van der Waals surface area contributed by atoms with Crippen LogP contribution >= 0.6 is 7.82 Å². The van der Waals surface area contributed by atoms with Gasteiger partial charge in [-0.05, 0) is 77.0 Å². The number of phosphoric acid groups is 1. The molecule has 0 aliphatic rings. The summed E-state index contributed by atoms with van der Waals surface area (Å²) in [6.07, 6.45) is 45.6. The maximum Gasteiger partial charge on any atom is 0.306 e. The van der Waals surface area contributed by atoms with Gasteiger partial charge in [-0.2, -0.15) is 0 Å². The Morgan fingerprint density at radius 3 is 1.46 bits per heavy atom. The maximum absolute atomic E-state index is 12.7. The average Bonchev–Trinajstić information content (AvgIpc) is 3.16. The van der Waals surface area contributed by atoms with Crippen LogP contribution in [-0.4, -0.2) is 70.0 Å². The summed E-state index contributed by atoms with van der Waals surface area (Å²) in [7, 11) is 1.15. The van der Waals surface area contributed by atoms with Crippen LogP contribution in [0, 0.1) is 0 Å². The highest BCUT2D eigenvalue weighted by Gasteiger charge is 2.21. The van der Waals surface area contributed by atoms with Crippen molar-refractivity contribution in [3.8, 4) is 0 Å². The second kappa shape index (κ2) is 39.4. The molecule has 0 aliphatic heterocycles. The van der Waals surface area contributed by atoms with Gasteiger partial charge in [0.2, 0.25) is 0 Å². The summed E-state index contributed by atoms with van der Waals surface area (Å²) in [5, 5.41) is 0. The first-order valence-electron chi connectivity index (χ1n) is 22.8. The number of carbonyl (C=O) groups is 2. The number of nitrogens with zero attached hydrogens (tertiary/aromatic N) is 1. The molecule has 0 rings (SSSR count). The van der Waals surface area contributed by atoms with Crippen molar-refractivity contribution in [2.45, 2.75) is 193 Å². The Labute approximate surface area is 350 Å². The lowest BCUT2D eigenvalue weighted by Crippen LogP contribution is -2.37. The van der Waals surface area contributed by atoms with Crippen molar-refractivity contribution >= 4 is 19.8 Å². The van der Waals surface area contributed by atoms with Gasteiger partial charge in [-0.1, -0.05) is 146 Å². The third kappa shape index (κ3) is 43.4. The van der Waals surface area contributed by atoms with Crippen LogP contribution in [0.15, 0.2) is 48.6 Å². The maximum atomic E-state index is 12.7. The van der Waals surface area contributed by atoms with E-state index in [2.05, 4.69) is 62.5 Å². The van der Waals surface area contributed by atoms with Crippen molar-refractivity contribution in [2.24, 2.45) is 0 Å². The van der Waals surface area contributed by atoms with E-state index in [-0.39, 0.29) is 26.1 Å². The fourth-order valence-corrected chi connectivity index (χ4v) is 6.68. The minimum Gasteiger partial charge on any atom is -0.756 e. The molecule has 0 aromatic carbocycles. The number of phosphoric ester groups is 1. The highest BCUT2D eigenvalue weighted by atomic mass is 31.2. The molecular weight excluding hydrogens is 737 g/mol. The molecule has 332 valence electrons. The average molecular weight is 824 g/mol. The molecule has 0 amide bonds. The molecule has 57 heavy (non-hydrogen) atoms. The summed E-state index contributed by atoms with van der Waals surface area (Å²) >= 11 is 0. The van der Waals surface area contributed by atoms with Gasteiger partial charge >= 0.3 is 11.9 Å². The molecule has 2 unspecified atom stereocenters. The van der Waals surface area contributed by atoms with E-state index in [1.165, 1.54) is 64.2 Å². The van der Waals surface area contributed by atoms with E-state index in [0.29, 0.717) is 17.4 Å². The Kier molecular flexibility index (Phi) is 38.0. The third-order valence-electron chi connectivity index (χ3n) is 9.57. The lowest BCUT2D eigenvalue weighted by Gasteiger charge is -2.28. The molecule has 2 atom stereocenters. The van der Waals surface area contributed by atoms with Gasteiger partial charge in [-0.25, -0.2) is 0 Å². The van der Waals surface area contributed by atoms with E-state index in [4.69, 9.17) is 18.5 Å². The van der Waals surface area contributed by atoms with Gasteiger partial charge in [0.15, 0.2) is 6.10 Å². The van der Waals surface area contributed by atoms with Crippen molar-refractivity contribution < 1.29 is 42.1 Å². The summed E-state index contributed by atoms with van der Waals surface area (Å²) in [5.41, 5.74) is 0. The van der Waals surface area contributed by atoms with Crippen LogP contribution in [0.1, 0.15) is 187 Å². The van der Waals surface area contributed by atoms with Crippen molar-refractivity contribution in [3.63, 3.8) is 0 Å². The summed E-state index contributed by atoms with van der Waals surface area (Å²) in [4.78, 5) is 37.6. The predicted molar refractivity (Wildman–Crippen MR) is 236 cm³/mol. The van der Waals surface area contributed by atoms with Crippen molar-refractivity contribution in [1.29, 1.82) is 0 Å². The number of esters is 2. The number of quaternary nitrogens is 1. The zero-order valence-electron chi connectivity index (χ0n) is 37.3. The summed E-state index contributed by atoms with van der Waals surface area (Å²) in [6.45, 7) is 4.16. The number of ether oxygens (including phenoxy) is 2. The molecule has 0 N–H and O–H groups in total. The normalized spacial score (nSPS) is 14.0. The van der Waals surface area contributed by atoms with Crippen LogP contribution in [0.4, 0.5) is 0 Å². The Balaban J connectivity index is 4.38. The summed E-state index contributed by atoms with van der Waals surface area (Å²) in [6, 6.07) is 0. The van der Waals surface area contributed by atoms with Crippen molar-refractivity contribution in [1.82, 2.24) is 0 Å². The van der Waals surface area contributed by atoms with Gasteiger partial charge in [0.1, 0.15) is 19.8 Å². The molecule has 0 bridgehead atoms. The SMILES string of the molecule is CCCCC/C=C\C/C=C\C/C=C\CCCCCCCCC(=O)OC(COC(=O)CCCCCCC/C=C\CCCCCCC)COP(=O)([O-])OCC[N+](C)(C)C. The lowest BCUT2D eigenvalue weighted by molar-refractivity contribution is -0.870. The minimum absolute atomic E-state index is 0.0362. The minimum atomic E-state index is -4.63. The number of hydrogen-bond acceptors (Lipinski definition) is 8. The van der Waals surface area contributed by atoms with Crippen LogP contribution in [0.25, 0.3) is 0 Å². The number of rotatable bonds is 41. The van der Waals surface area contributed by atoms with Gasteiger partial charge in [0.25, 0.3) is 7.82 Å². The molecule has 0 aromatic rings. The molecule has 0 radical (unpaired) electrons. The van der Waals surface area contributed by atoms with Gasteiger partial charge < -0.3 is 27.9 Å². The first kappa shape index (κ1) is 55.0. The topological polar surface area (TPSA) is 111 Å². The Morgan fingerprint density at radius 2 is 0.947 bits per heavy atom. The third-order valence-corrected chi connectivity index (χ3v) is 10.5. The van der Waals surface area contributed by atoms with Crippen molar-refractivity contribution in [3.05, 3.63) is 48.6 Å². The standard InChI is InChI=1S/C47H86NO8P/c1-6-8-10-12-14-16-18-20-22-23-24-25-26-28-30-32-34-36-38-40-47(50)56-45(44-55-57(51,52)54-42-41-48(3,4)5)43-53-46(49)39-37-35-33-31-29-27-21-19-17-15-13-11-9-7-2/h14,16,19-22,24-25,45H,6-13,15,17-18,23,26-44H2,1-5H3/b16-14-,21-19-,22-20-,25-24-. The largest absolute Gasteiger partial charge is 0.756 e. The molecule has 0 spiro atoms. The first-order valence-corrected chi connectivity index (χ1v) is 24.3. The molecule has 0 aliphatic carbocycles. The molecule has 0 aromatic heterocycles. The molecule has 0 saturated heterocycles. The van der Waals surface area contributed by atoms with Crippen LogP contribution in [-0.2, 0) is 32.7 Å². The highest BCUT2D eigenvalue weighted by Crippen LogP contribution is 2.38. The van der Waals surface area contributed by atoms with E-state index in [0.717, 1.165) is 89.9 Å². The number of unbranched alkanes of at least 4 members (excludes halogenated alkanes) is 19. The number of likely N-dealkylation sites (N-methyl/N-ethyl adjacent to an activating group) is 1. The lowest BCUT2D eigenvalue weighted by atomic mass is 10.1. The summed E-state index contributed by atoms with van der Waals surface area (Å²) < 4.78 is 33.9. The second-order valence-corrected chi connectivity index (χ2v) is 17.8. The smallest absolute Gasteiger partial charge is 0.306 e. The highest BCUT2D eigenvalue weighted by molar-refractivity contribution is 7.45. The van der Waals surface area contributed by atoms with Gasteiger partial charge in [-0.15, -0.1) is 0 Å².